The molecule has 3 rings (SSSR count). The molecule has 2 heterocycles. The summed E-state index contributed by atoms with van der Waals surface area (Å²) in [7, 11) is 2.06. The van der Waals surface area contributed by atoms with Crippen LogP contribution in [-0.2, 0) is 16.1 Å². The maximum Gasteiger partial charge on any atom is 0.411 e. The number of likely N-dealkylation sites (tertiary alicyclic amines) is 1. The van der Waals surface area contributed by atoms with Gasteiger partial charge in [-0.15, -0.1) is 0 Å². The van der Waals surface area contributed by atoms with Gasteiger partial charge in [0, 0.05) is 31.0 Å². The molecule has 0 saturated carbocycles. The number of benzene rings is 1. The van der Waals surface area contributed by atoms with Crippen molar-refractivity contribution >= 4 is 29.1 Å². The first-order valence-electron chi connectivity index (χ1n) is 9.03. The minimum Gasteiger partial charge on any atom is -0.445 e. The summed E-state index contributed by atoms with van der Waals surface area (Å²) in [6.07, 6.45) is 1.03. The Labute approximate surface area is 159 Å². The molecular weight excluding hydrogens is 350 g/mol. The summed E-state index contributed by atoms with van der Waals surface area (Å²) in [5.41, 5.74) is 0.918. The van der Waals surface area contributed by atoms with Gasteiger partial charge in [-0.3, -0.25) is 9.69 Å². The second-order valence-corrected chi connectivity index (χ2v) is 7.36. The third-order valence-corrected chi connectivity index (χ3v) is 5.35. The zero-order valence-electron chi connectivity index (χ0n) is 15.1. The SMILES string of the molecule is CN1CCCN(C(=O)[C@@H]2C(=S)CCN2C(=O)OCc2ccccc2)CC1. The van der Waals surface area contributed by atoms with Crippen molar-refractivity contribution in [3.8, 4) is 0 Å². The van der Waals surface area contributed by atoms with Gasteiger partial charge in [-0.25, -0.2) is 4.79 Å². The van der Waals surface area contributed by atoms with E-state index < -0.39 is 12.1 Å². The first-order chi connectivity index (χ1) is 12.6. The van der Waals surface area contributed by atoms with E-state index in [1.54, 1.807) is 0 Å². The molecule has 7 heteroatoms. The Balaban J connectivity index is 1.63. The van der Waals surface area contributed by atoms with Crippen LogP contribution in [0.15, 0.2) is 30.3 Å². The minimum absolute atomic E-state index is 0.0699. The number of carbonyl (C=O) groups excluding carboxylic acids is 2. The number of carbonyl (C=O) groups is 2. The molecule has 0 spiro atoms. The van der Waals surface area contributed by atoms with E-state index >= 15 is 0 Å². The highest BCUT2D eigenvalue weighted by molar-refractivity contribution is 7.80. The summed E-state index contributed by atoms with van der Waals surface area (Å²) < 4.78 is 5.42. The standard InChI is InChI=1S/C19H25N3O3S/c1-20-9-5-10-21(13-12-20)18(23)17-16(26)8-11-22(17)19(24)25-14-15-6-3-2-4-7-15/h2-4,6-7,17H,5,8-14H2,1H3/t17-/m0/s1. The molecule has 0 aromatic heterocycles. The molecule has 2 fully saturated rings. The van der Waals surface area contributed by atoms with Gasteiger partial charge in [0.25, 0.3) is 5.91 Å². The average molecular weight is 375 g/mol. The maximum absolute atomic E-state index is 13.0. The second kappa shape index (κ2) is 8.60. The van der Waals surface area contributed by atoms with Crippen molar-refractivity contribution in [2.24, 2.45) is 0 Å². The lowest BCUT2D eigenvalue weighted by Crippen LogP contribution is -2.51. The van der Waals surface area contributed by atoms with Gasteiger partial charge >= 0.3 is 6.09 Å². The van der Waals surface area contributed by atoms with Crippen LogP contribution in [-0.4, -0.2) is 77.4 Å². The molecule has 0 bridgehead atoms. The fraction of sp³-hybridized carbons (Fsp3) is 0.526. The monoisotopic (exact) mass is 375 g/mol. The molecule has 1 aromatic carbocycles. The number of hydrogen-bond donors (Lipinski definition) is 0. The predicted octanol–water partition coefficient (Wildman–Crippen LogP) is 1.93. The van der Waals surface area contributed by atoms with E-state index in [0.717, 1.165) is 25.1 Å². The maximum atomic E-state index is 13.0. The predicted molar refractivity (Wildman–Crippen MR) is 103 cm³/mol. The molecule has 2 amide bonds. The van der Waals surface area contributed by atoms with Crippen LogP contribution in [0.4, 0.5) is 4.79 Å². The Bertz CT molecular complexity index is 667. The van der Waals surface area contributed by atoms with E-state index in [-0.39, 0.29) is 12.5 Å². The van der Waals surface area contributed by atoms with Crippen molar-refractivity contribution in [1.29, 1.82) is 0 Å². The van der Waals surface area contributed by atoms with Crippen molar-refractivity contribution in [1.82, 2.24) is 14.7 Å². The zero-order valence-corrected chi connectivity index (χ0v) is 15.9. The number of rotatable bonds is 3. The minimum atomic E-state index is -0.670. The number of thiocarbonyl (C=S) groups is 1. The van der Waals surface area contributed by atoms with E-state index in [9.17, 15) is 9.59 Å². The molecule has 6 nitrogen and oxygen atoms in total. The van der Waals surface area contributed by atoms with Crippen molar-refractivity contribution in [2.75, 3.05) is 39.8 Å². The number of nitrogens with zero attached hydrogens (tertiary/aromatic N) is 3. The smallest absolute Gasteiger partial charge is 0.411 e. The molecule has 0 N–H and O–H groups in total. The molecule has 2 saturated heterocycles. The molecular formula is C19H25N3O3S. The Kier molecular flexibility index (Phi) is 6.21. The molecule has 1 atom stereocenters. The van der Waals surface area contributed by atoms with E-state index in [1.807, 2.05) is 35.2 Å². The highest BCUT2D eigenvalue weighted by atomic mass is 32.1. The molecule has 0 unspecified atom stereocenters. The lowest BCUT2D eigenvalue weighted by molar-refractivity contribution is -0.133. The topological polar surface area (TPSA) is 53.1 Å². The van der Waals surface area contributed by atoms with Crippen LogP contribution in [0.25, 0.3) is 0 Å². The van der Waals surface area contributed by atoms with Crippen molar-refractivity contribution in [3.63, 3.8) is 0 Å². The molecule has 0 aliphatic carbocycles. The Morgan fingerprint density at radius 1 is 1.12 bits per heavy atom. The highest BCUT2D eigenvalue weighted by Gasteiger charge is 2.41. The van der Waals surface area contributed by atoms with Gasteiger partial charge in [0.05, 0.1) is 0 Å². The fourth-order valence-electron chi connectivity index (χ4n) is 3.38. The van der Waals surface area contributed by atoms with Crippen LogP contribution in [0.3, 0.4) is 0 Å². The lowest BCUT2D eigenvalue weighted by Gasteiger charge is -2.29. The zero-order chi connectivity index (χ0) is 18.5. The van der Waals surface area contributed by atoms with Gasteiger partial charge in [-0.2, -0.15) is 0 Å². The van der Waals surface area contributed by atoms with Crippen LogP contribution in [0.5, 0.6) is 0 Å². The summed E-state index contributed by atoms with van der Waals surface area (Å²) in [5.74, 6) is -0.0699. The number of hydrogen-bond acceptors (Lipinski definition) is 5. The average Bonchev–Trinajstić information content (AvgIpc) is 2.90. The highest BCUT2D eigenvalue weighted by Crippen LogP contribution is 2.20. The van der Waals surface area contributed by atoms with Crippen LogP contribution < -0.4 is 0 Å². The summed E-state index contributed by atoms with van der Waals surface area (Å²) in [6, 6.07) is 8.85. The lowest BCUT2D eigenvalue weighted by atomic mass is 10.2. The Morgan fingerprint density at radius 3 is 2.65 bits per heavy atom. The van der Waals surface area contributed by atoms with Gasteiger partial charge < -0.3 is 14.5 Å². The van der Waals surface area contributed by atoms with Crippen LogP contribution in [0, 0.1) is 0 Å². The van der Waals surface area contributed by atoms with Crippen LogP contribution >= 0.6 is 12.2 Å². The fourth-order valence-corrected chi connectivity index (χ4v) is 3.70. The van der Waals surface area contributed by atoms with Gasteiger partial charge in [-0.05, 0) is 32.0 Å². The van der Waals surface area contributed by atoms with Gasteiger partial charge in [0.15, 0.2) is 0 Å². The summed E-state index contributed by atoms with van der Waals surface area (Å²) in [6.45, 7) is 3.82. The molecule has 26 heavy (non-hydrogen) atoms. The molecule has 2 aliphatic heterocycles. The molecule has 140 valence electrons. The molecule has 2 aliphatic rings. The van der Waals surface area contributed by atoms with Gasteiger partial charge in [-0.1, -0.05) is 42.5 Å². The summed E-state index contributed by atoms with van der Waals surface area (Å²) in [5, 5.41) is 0. The quantitative estimate of drug-likeness (QED) is 0.756. The van der Waals surface area contributed by atoms with Crippen molar-refractivity contribution in [3.05, 3.63) is 35.9 Å². The first kappa shape index (κ1) is 18.8. The summed E-state index contributed by atoms with van der Waals surface area (Å²) >= 11 is 5.41. The van der Waals surface area contributed by atoms with Crippen molar-refractivity contribution in [2.45, 2.75) is 25.5 Å². The van der Waals surface area contributed by atoms with Gasteiger partial charge in [0.1, 0.15) is 12.6 Å². The number of ether oxygens (including phenoxy) is 1. The first-order valence-corrected chi connectivity index (χ1v) is 9.44. The summed E-state index contributed by atoms with van der Waals surface area (Å²) in [4.78, 5) is 31.7. The van der Waals surface area contributed by atoms with Gasteiger partial charge in [0.2, 0.25) is 0 Å². The van der Waals surface area contributed by atoms with Crippen molar-refractivity contribution < 1.29 is 14.3 Å². The molecule has 1 aromatic rings. The third kappa shape index (κ3) is 4.40. The van der Waals surface area contributed by atoms with E-state index in [4.69, 9.17) is 17.0 Å². The largest absolute Gasteiger partial charge is 0.445 e. The Morgan fingerprint density at radius 2 is 1.88 bits per heavy atom. The van der Waals surface area contributed by atoms with Crippen LogP contribution in [0.2, 0.25) is 0 Å². The van der Waals surface area contributed by atoms with E-state index in [1.165, 1.54) is 4.90 Å². The van der Waals surface area contributed by atoms with E-state index in [2.05, 4.69) is 11.9 Å². The normalized spacial score (nSPS) is 21.6. The van der Waals surface area contributed by atoms with E-state index in [0.29, 0.717) is 30.9 Å². The number of likely N-dealkylation sites (N-methyl/N-ethyl adjacent to an activating group) is 1. The Hall–Kier alpha value is -1.99. The third-order valence-electron chi connectivity index (χ3n) is 4.92. The second-order valence-electron chi connectivity index (χ2n) is 6.83. The molecule has 0 radical (unpaired) electrons. The number of amides is 2. The van der Waals surface area contributed by atoms with Crippen LogP contribution in [0.1, 0.15) is 18.4 Å².